The molecule has 0 unspecified atom stereocenters. The summed E-state index contributed by atoms with van der Waals surface area (Å²) in [5, 5.41) is 5.03. The maximum absolute atomic E-state index is 11.1. The van der Waals surface area contributed by atoms with E-state index in [1.807, 2.05) is 12.1 Å². The Morgan fingerprint density at radius 3 is 2.15 bits per heavy atom. The van der Waals surface area contributed by atoms with Crippen LogP contribution in [0.5, 0.6) is 0 Å². The number of sulfonamides is 1. The minimum atomic E-state index is -3.65. The van der Waals surface area contributed by atoms with E-state index in [2.05, 4.69) is 24.0 Å². The Kier molecular flexibility index (Phi) is 4.32. The standard InChI is InChI=1S/C15H16N2O2S/c1-2-12-3-5-13(6-4-12)11-17-14-7-9-15(10-8-14)20(16,18)19/h3-11H,2H2,1H3,(H2,16,18,19). The number of rotatable bonds is 4. The van der Waals surface area contributed by atoms with Crippen molar-refractivity contribution in [1.82, 2.24) is 0 Å². The second kappa shape index (κ2) is 5.98. The average Bonchev–Trinajstić information content (AvgIpc) is 2.45. The third kappa shape index (κ3) is 3.76. The molecule has 0 aromatic heterocycles. The fourth-order valence-electron chi connectivity index (χ4n) is 1.71. The summed E-state index contributed by atoms with van der Waals surface area (Å²) in [7, 11) is -3.65. The maximum atomic E-state index is 11.1. The summed E-state index contributed by atoms with van der Waals surface area (Å²) >= 11 is 0. The molecule has 0 aliphatic rings. The monoisotopic (exact) mass is 288 g/mol. The molecule has 0 radical (unpaired) electrons. The molecule has 20 heavy (non-hydrogen) atoms. The van der Waals surface area contributed by atoms with Crippen LogP contribution < -0.4 is 5.14 Å². The lowest BCUT2D eigenvalue weighted by Crippen LogP contribution is -2.11. The van der Waals surface area contributed by atoms with Crippen LogP contribution in [0.1, 0.15) is 18.1 Å². The van der Waals surface area contributed by atoms with Crippen molar-refractivity contribution in [1.29, 1.82) is 0 Å². The summed E-state index contributed by atoms with van der Waals surface area (Å²) in [6, 6.07) is 14.3. The first-order valence-electron chi connectivity index (χ1n) is 6.25. The highest BCUT2D eigenvalue weighted by atomic mass is 32.2. The zero-order valence-corrected chi connectivity index (χ0v) is 12.0. The Hall–Kier alpha value is -1.98. The Labute approximate surface area is 119 Å². The lowest BCUT2D eigenvalue weighted by molar-refractivity contribution is 0.598. The fourth-order valence-corrected chi connectivity index (χ4v) is 2.23. The van der Waals surface area contributed by atoms with Crippen molar-refractivity contribution in [2.75, 3.05) is 0 Å². The summed E-state index contributed by atoms with van der Waals surface area (Å²) in [6.45, 7) is 2.11. The molecule has 4 nitrogen and oxygen atoms in total. The van der Waals surface area contributed by atoms with Crippen molar-refractivity contribution in [2.24, 2.45) is 10.1 Å². The van der Waals surface area contributed by atoms with Crippen LogP contribution in [0.4, 0.5) is 5.69 Å². The highest BCUT2D eigenvalue weighted by molar-refractivity contribution is 7.89. The molecule has 104 valence electrons. The van der Waals surface area contributed by atoms with Crippen LogP contribution in [0, 0.1) is 0 Å². The molecule has 0 spiro atoms. The van der Waals surface area contributed by atoms with Gasteiger partial charge in [0, 0.05) is 6.21 Å². The van der Waals surface area contributed by atoms with E-state index < -0.39 is 10.0 Å². The predicted octanol–water partition coefficient (Wildman–Crippen LogP) is 2.65. The molecule has 0 aliphatic heterocycles. The van der Waals surface area contributed by atoms with Gasteiger partial charge in [-0.1, -0.05) is 31.2 Å². The quantitative estimate of drug-likeness (QED) is 0.878. The normalized spacial score (nSPS) is 11.9. The van der Waals surface area contributed by atoms with Gasteiger partial charge < -0.3 is 0 Å². The lowest BCUT2D eigenvalue weighted by atomic mass is 10.1. The summed E-state index contributed by atoms with van der Waals surface area (Å²) in [6.07, 6.45) is 2.75. The van der Waals surface area contributed by atoms with Crippen molar-refractivity contribution in [3.05, 3.63) is 59.7 Å². The Morgan fingerprint density at radius 2 is 1.65 bits per heavy atom. The van der Waals surface area contributed by atoms with Gasteiger partial charge in [0.15, 0.2) is 0 Å². The van der Waals surface area contributed by atoms with Crippen LogP contribution in [-0.2, 0) is 16.4 Å². The average molecular weight is 288 g/mol. The number of aryl methyl sites for hydroxylation is 1. The summed E-state index contributed by atoms with van der Waals surface area (Å²) in [5.74, 6) is 0. The van der Waals surface area contributed by atoms with E-state index in [1.54, 1.807) is 18.3 Å². The molecule has 0 amide bonds. The molecular weight excluding hydrogens is 272 g/mol. The smallest absolute Gasteiger partial charge is 0.238 e. The summed E-state index contributed by atoms with van der Waals surface area (Å²) in [4.78, 5) is 4.38. The lowest BCUT2D eigenvalue weighted by Gasteiger charge is -1.99. The van der Waals surface area contributed by atoms with E-state index in [4.69, 9.17) is 5.14 Å². The van der Waals surface area contributed by atoms with Crippen molar-refractivity contribution >= 4 is 21.9 Å². The molecule has 0 saturated carbocycles. The summed E-state index contributed by atoms with van der Waals surface area (Å²) in [5.41, 5.74) is 2.95. The minimum Gasteiger partial charge on any atom is -0.256 e. The van der Waals surface area contributed by atoms with Crippen LogP contribution in [0.2, 0.25) is 0 Å². The number of nitrogens with two attached hydrogens (primary N) is 1. The van der Waals surface area contributed by atoms with Crippen LogP contribution in [0.25, 0.3) is 0 Å². The topological polar surface area (TPSA) is 72.5 Å². The van der Waals surface area contributed by atoms with Crippen LogP contribution in [0.15, 0.2) is 58.4 Å². The van der Waals surface area contributed by atoms with Gasteiger partial charge in [-0.2, -0.15) is 0 Å². The maximum Gasteiger partial charge on any atom is 0.238 e. The van der Waals surface area contributed by atoms with Gasteiger partial charge in [0.25, 0.3) is 0 Å². The van der Waals surface area contributed by atoms with Crippen molar-refractivity contribution in [3.8, 4) is 0 Å². The first-order chi connectivity index (χ1) is 9.49. The molecule has 2 N–H and O–H groups in total. The van der Waals surface area contributed by atoms with Gasteiger partial charge in [-0.3, -0.25) is 4.99 Å². The SMILES string of the molecule is CCc1ccc(C=Nc2ccc(S(N)(=O)=O)cc2)cc1. The predicted molar refractivity (Wildman–Crippen MR) is 80.9 cm³/mol. The zero-order chi connectivity index (χ0) is 14.6. The van der Waals surface area contributed by atoms with E-state index in [-0.39, 0.29) is 4.90 Å². The van der Waals surface area contributed by atoms with E-state index >= 15 is 0 Å². The largest absolute Gasteiger partial charge is 0.256 e. The first kappa shape index (κ1) is 14.4. The van der Waals surface area contributed by atoms with E-state index in [0.29, 0.717) is 5.69 Å². The molecular formula is C15H16N2O2S. The minimum absolute atomic E-state index is 0.0868. The Morgan fingerprint density at radius 1 is 1.05 bits per heavy atom. The van der Waals surface area contributed by atoms with Gasteiger partial charge in [-0.05, 0) is 41.8 Å². The molecule has 5 heteroatoms. The Bertz CT molecular complexity index is 703. The molecule has 2 rings (SSSR count). The van der Waals surface area contributed by atoms with Crippen LogP contribution in [0.3, 0.4) is 0 Å². The summed E-state index contributed by atoms with van der Waals surface area (Å²) < 4.78 is 22.2. The molecule has 0 aliphatic carbocycles. The second-order valence-electron chi connectivity index (χ2n) is 4.39. The van der Waals surface area contributed by atoms with Crippen LogP contribution in [-0.4, -0.2) is 14.6 Å². The third-order valence-electron chi connectivity index (χ3n) is 2.92. The van der Waals surface area contributed by atoms with Gasteiger partial charge in [0.05, 0.1) is 10.6 Å². The van der Waals surface area contributed by atoms with E-state index in [1.165, 1.54) is 17.7 Å². The van der Waals surface area contributed by atoms with Gasteiger partial charge >= 0.3 is 0 Å². The number of hydrogen-bond acceptors (Lipinski definition) is 3. The van der Waals surface area contributed by atoms with Gasteiger partial charge in [-0.15, -0.1) is 0 Å². The highest BCUT2D eigenvalue weighted by Crippen LogP contribution is 2.15. The number of nitrogens with zero attached hydrogens (tertiary/aromatic N) is 1. The number of primary sulfonamides is 1. The number of hydrogen-bond donors (Lipinski definition) is 1. The molecule has 0 bridgehead atoms. The molecule has 2 aromatic carbocycles. The van der Waals surface area contributed by atoms with Crippen molar-refractivity contribution < 1.29 is 8.42 Å². The van der Waals surface area contributed by atoms with Gasteiger partial charge in [-0.25, -0.2) is 13.6 Å². The fraction of sp³-hybridized carbons (Fsp3) is 0.133. The van der Waals surface area contributed by atoms with Gasteiger partial charge in [0.2, 0.25) is 10.0 Å². The molecule has 0 heterocycles. The molecule has 0 atom stereocenters. The highest BCUT2D eigenvalue weighted by Gasteiger charge is 2.05. The van der Waals surface area contributed by atoms with Crippen LogP contribution >= 0.6 is 0 Å². The van der Waals surface area contributed by atoms with Crippen molar-refractivity contribution in [3.63, 3.8) is 0 Å². The Balaban J connectivity index is 2.14. The van der Waals surface area contributed by atoms with E-state index in [9.17, 15) is 8.42 Å². The van der Waals surface area contributed by atoms with Crippen molar-refractivity contribution in [2.45, 2.75) is 18.2 Å². The molecule has 0 saturated heterocycles. The zero-order valence-electron chi connectivity index (χ0n) is 11.2. The second-order valence-corrected chi connectivity index (χ2v) is 5.95. The van der Waals surface area contributed by atoms with E-state index in [0.717, 1.165) is 12.0 Å². The number of aliphatic imine (C=N–C) groups is 1. The molecule has 2 aromatic rings. The number of benzene rings is 2. The third-order valence-corrected chi connectivity index (χ3v) is 3.85. The molecule has 0 fully saturated rings. The first-order valence-corrected chi connectivity index (χ1v) is 7.79. The van der Waals surface area contributed by atoms with Gasteiger partial charge in [0.1, 0.15) is 0 Å².